The van der Waals surface area contributed by atoms with Gasteiger partial charge in [-0.3, -0.25) is 0 Å². The van der Waals surface area contributed by atoms with E-state index in [4.69, 9.17) is 21.1 Å². The van der Waals surface area contributed by atoms with Gasteiger partial charge in [-0.15, -0.1) is 11.6 Å². The number of fused-ring (bicyclic) bond motifs is 1. The first-order chi connectivity index (χ1) is 14.7. The van der Waals surface area contributed by atoms with Crippen molar-refractivity contribution in [1.82, 2.24) is 9.88 Å². The molecule has 0 radical (unpaired) electrons. The van der Waals surface area contributed by atoms with Crippen LogP contribution in [0.3, 0.4) is 0 Å². The van der Waals surface area contributed by atoms with Crippen LogP contribution in [0, 0.1) is 0 Å². The van der Waals surface area contributed by atoms with E-state index in [0.717, 1.165) is 49.0 Å². The van der Waals surface area contributed by atoms with Gasteiger partial charge in [-0.1, -0.05) is 13.0 Å². The third kappa shape index (κ3) is 4.03. The SMILES string of the molecule is CCc1c(-c2ccc(OC)c(OC)c2)[nH]c2ccc(C3CCN(CCCl)CC3)cc12. The van der Waals surface area contributed by atoms with E-state index in [-0.39, 0.29) is 0 Å². The highest BCUT2D eigenvalue weighted by molar-refractivity contribution is 6.18. The second kappa shape index (κ2) is 9.32. The number of alkyl halides is 1. The minimum atomic E-state index is 0.630. The number of ether oxygens (including phenoxy) is 2. The Morgan fingerprint density at radius 1 is 1.03 bits per heavy atom. The summed E-state index contributed by atoms with van der Waals surface area (Å²) in [7, 11) is 3.35. The monoisotopic (exact) mass is 426 g/mol. The third-order valence-corrected chi connectivity index (χ3v) is 6.58. The molecular weight excluding hydrogens is 396 g/mol. The van der Waals surface area contributed by atoms with E-state index in [2.05, 4.69) is 47.1 Å². The Hall–Kier alpha value is -2.17. The Balaban J connectivity index is 1.67. The van der Waals surface area contributed by atoms with Crippen molar-refractivity contribution in [2.24, 2.45) is 0 Å². The molecule has 0 unspecified atom stereocenters. The molecule has 3 aromatic rings. The van der Waals surface area contributed by atoms with Crippen LogP contribution in [-0.2, 0) is 6.42 Å². The molecule has 0 spiro atoms. The van der Waals surface area contributed by atoms with Crippen molar-refractivity contribution in [2.75, 3.05) is 39.7 Å². The van der Waals surface area contributed by atoms with Gasteiger partial charge in [0.1, 0.15) is 0 Å². The molecule has 1 aromatic heterocycles. The molecule has 4 rings (SSSR count). The molecule has 0 bridgehead atoms. The van der Waals surface area contributed by atoms with Crippen molar-refractivity contribution in [2.45, 2.75) is 32.1 Å². The number of piperidine rings is 1. The van der Waals surface area contributed by atoms with Crippen LogP contribution in [0.4, 0.5) is 0 Å². The molecule has 1 N–H and O–H groups in total. The smallest absolute Gasteiger partial charge is 0.161 e. The predicted molar refractivity (Wildman–Crippen MR) is 125 cm³/mol. The number of aromatic nitrogens is 1. The Morgan fingerprint density at radius 2 is 1.80 bits per heavy atom. The Morgan fingerprint density at radius 3 is 2.47 bits per heavy atom. The van der Waals surface area contributed by atoms with Crippen LogP contribution < -0.4 is 9.47 Å². The molecule has 0 aliphatic carbocycles. The van der Waals surface area contributed by atoms with Crippen molar-refractivity contribution >= 4 is 22.5 Å². The molecule has 0 amide bonds. The fourth-order valence-electron chi connectivity index (χ4n) is 4.73. The number of nitrogens with zero attached hydrogens (tertiary/aromatic N) is 1. The first kappa shape index (κ1) is 21.1. The van der Waals surface area contributed by atoms with Crippen LogP contribution in [0.2, 0.25) is 0 Å². The number of rotatable bonds is 7. The summed E-state index contributed by atoms with van der Waals surface area (Å²) < 4.78 is 10.9. The summed E-state index contributed by atoms with van der Waals surface area (Å²) in [6, 6.07) is 13.1. The molecule has 1 aliphatic heterocycles. The number of hydrogen-bond donors (Lipinski definition) is 1. The van der Waals surface area contributed by atoms with Gasteiger partial charge in [-0.2, -0.15) is 0 Å². The lowest BCUT2D eigenvalue weighted by molar-refractivity contribution is 0.223. The summed E-state index contributed by atoms with van der Waals surface area (Å²) in [5.74, 6) is 2.85. The summed E-state index contributed by atoms with van der Waals surface area (Å²) in [5.41, 5.74) is 6.30. The molecule has 160 valence electrons. The standard InChI is InChI=1S/C25H31ClN2O2/c1-4-20-21-15-18(17-9-12-28(13-10-17)14-11-26)5-7-22(21)27-25(20)19-6-8-23(29-2)24(16-19)30-3/h5-8,15-17,27H,4,9-14H2,1-3H3. The number of nitrogens with one attached hydrogen (secondary N) is 1. The highest BCUT2D eigenvalue weighted by Crippen LogP contribution is 2.38. The van der Waals surface area contributed by atoms with Gasteiger partial charge >= 0.3 is 0 Å². The lowest BCUT2D eigenvalue weighted by Crippen LogP contribution is -2.34. The normalized spacial score (nSPS) is 15.6. The lowest BCUT2D eigenvalue weighted by atomic mass is 9.88. The van der Waals surface area contributed by atoms with Crippen molar-refractivity contribution in [3.05, 3.63) is 47.5 Å². The Labute approximate surface area is 184 Å². The summed E-state index contributed by atoms with van der Waals surface area (Å²) in [4.78, 5) is 6.13. The highest BCUT2D eigenvalue weighted by Gasteiger charge is 2.21. The maximum Gasteiger partial charge on any atom is 0.161 e. The summed E-state index contributed by atoms with van der Waals surface area (Å²) >= 11 is 5.92. The second-order valence-electron chi connectivity index (χ2n) is 8.01. The molecule has 0 saturated carbocycles. The minimum Gasteiger partial charge on any atom is -0.493 e. The van der Waals surface area contributed by atoms with E-state index in [1.54, 1.807) is 14.2 Å². The van der Waals surface area contributed by atoms with Gasteiger partial charge in [0.2, 0.25) is 0 Å². The number of halogens is 1. The summed E-state index contributed by atoms with van der Waals surface area (Å²) in [6.07, 6.45) is 3.38. The van der Waals surface area contributed by atoms with Crippen LogP contribution in [0.5, 0.6) is 11.5 Å². The Bertz CT molecular complexity index is 1010. The van der Waals surface area contributed by atoms with Gasteiger partial charge < -0.3 is 19.4 Å². The van der Waals surface area contributed by atoms with Crippen LogP contribution in [0.1, 0.15) is 36.8 Å². The van der Waals surface area contributed by atoms with Gasteiger partial charge in [0.05, 0.1) is 14.2 Å². The molecule has 2 aromatic carbocycles. The molecule has 1 aliphatic rings. The van der Waals surface area contributed by atoms with Crippen LogP contribution >= 0.6 is 11.6 Å². The van der Waals surface area contributed by atoms with Gasteiger partial charge in [0, 0.05) is 34.6 Å². The zero-order chi connectivity index (χ0) is 21.1. The third-order valence-electron chi connectivity index (χ3n) is 6.42. The van der Waals surface area contributed by atoms with Crippen molar-refractivity contribution in [3.63, 3.8) is 0 Å². The zero-order valence-corrected chi connectivity index (χ0v) is 18.9. The zero-order valence-electron chi connectivity index (χ0n) is 18.1. The molecule has 5 heteroatoms. The van der Waals surface area contributed by atoms with Crippen molar-refractivity contribution in [1.29, 1.82) is 0 Å². The minimum absolute atomic E-state index is 0.630. The first-order valence-corrected chi connectivity index (χ1v) is 11.4. The molecule has 4 nitrogen and oxygen atoms in total. The maximum absolute atomic E-state index is 5.92. The molecule has 30 heavy (non-hydrogen) atoms. The number of H-pyrrole nitrogens is 1. The van der Waals surface area contributed by atoms with E-state index in [1.807, 2.05) is 6.07 Å². The lowest BCUT2D eigenvalue weighted by Gasteiger charge is -2.31. The number of aromatic amines is 1. The average Bonchev–Trinajstić information content (AvgIpc) is 3.17. The summed E-state index contributed by atoms with van der Waals surface area (Å²) in [5, 5.41) is 1.34. The van der Waals surface area contributed by atoms with Crippen LogP contribution in [-0.4, -0.2) is 49.6 Å². The van der Waals surface area contributed by atoms with Crippen LogP contribution in [0.15, 0.2) is 36.4 Å². The van der Waals surface area contributed by atoms with Crippen molar-refractivity contribution in [3.8, 4) is 22.8 Å². The van der Waals surface area contributed by atoms with Gasteiger partial charge in [-0.05, 0) is 79.7 Å². The quantitative estimate of drug-likeness (QED) is 0.483. The fourth-order valence-corrected chi connectivity index (χ4v) is 4.97. The molecule has 0 atom stereocenters. The van der Waals surface area contributed by atoms with E-state index >= 15 is 0 Å². The van der Waals surface area contributed by atoms with Gasteiger partial charge in [0.15, 0.2) is 11.5 Å². The van der Waals surface area contributed by atoms with E-state index < -0.39 is 0 Å². The Kier molecular flexibility index (Phi) is 6.55. The topological polar surface area (TPSA) is 37.5 Å². The van der Waals surface area contributed by atoms with Crippen molar-refractivity contribution < 1.29 is 9.47 Å². The number of likely N-dealkylation sites (tertiary alicyclic amines) is 1. The predicted octanol–water partition coefficient (Wildman–Crippen LogP) is 5.83. The fraction of sp³-hybridized carbons (Fsp3) is 0.440. The number of benzene rings is 2. The largest absolute Gasteiger partial charge is 0.493 e. The first-order valence-electron chi connectivity index (χ1n) is 10.8. The molecular formula is C25H31ClN2O2. The van der Waals surface area contributed by atoms with E-state index in [0.29, 0.717) is 5.92 Å². The van der Waals surface area contributed by atoms with E-state index in [1.165, 1.54) is 40.6 Å². The van der Waals surface area contributed by atoms with Crippen LogP contribution in [0.25, 0.3) is 22.2 Å². The average molecular weight is 427 g/mol. The number of methoxy groups -OCH3 is 2. The summed E-state index contributed by atoms with van der Waals surface area (Å²) in [6.45, 7) is 5.50. The second-order valence-corrected chi connectivity index (χ2v) is 8.39. The molecule has 1 fully saturated rings. The molecule has 1 saturated heterocycles. The molecule has 2 heterocycles. The maximum atomic E-state index is 5.92. The number of hydrogen-bond acceptors (Lipinski definition) is 3. The van der Waals surface area contributed by atoms with E-state index in [9.17, 15) is 0 Å². The van der Waals surface area contributed by atoms with Gasteiger partial charge in [0.25, 0.3) is 0 Å². The van der Waals surface area contributed by atoms with Gasteiger partial charge in [-0.25, -0.2) is 0 Å². The number of aryl methyl sites for hydroxylation is 1. The highest BCUT2D eigenvalue weighted by atomic mass is 35.5.